The minimum Gasteiger partial charge on any atom is -0.369 e. The number of hydrogen-bond acceptors (Lipinski definition) is 6. The Morgan fingerprint density at radius 2 is 2.06 bits per heavy atom. The molecule has 7 nitrogen and oxygen atoms in total. The number of aromatic nitrogens is 2. The van der Waals surface area contributed by atoms with E-state index in [0.29, 0.717) is 11.5 Å². The van der Waals surface area contributed by atoms with Gasteiger partial charge in [-0.15, -0.1) is 0 Å². The number of hydrogen-bond donors (Lipinski definition) is 3. The molecule has 0 aromatic carbocycles. The Hall–Kier alpha value is -2.23. The van der Waals surface area contributed by atoms with Gasteiger partial charge in [0.05, 0.1) is 11.6 Å². The maximum Gasteiger partial charge on any atom is 0.278 e. The van der Waals surface area contributed by atoms with Crippen LogP contribution in [-0.4, -0.2) is 28.1 Å². The van der Waals surface area contributed by atoms with E-state index in [1.807, 2.05) is 13.8 Å². The molecule has 18 heavy (non-hydrogen) atoms. The summed E-state index contributed by atoms with van der Waals surface area (Å²) >= 11 is 0. The van der Waals surface area contributed by atoms with Crippen LogP contribution in [0.15, 0.2) is 4.79 Å². The molecule has 0 aliphatic carbocycles. The van der Waals surface area contributed by atoms with Crippen LogP contribution in [0.3, 0.4) is 0 Å². The highest BCUT2D eigenvalue weighted by Crippen LogP contribution is 2.40. The van der Waals surface area contributed by atoms with Crippen LogP contribution in [0.1, 0.15) is 20.8 Å². The number of nitriles is 1. The van der Waals surface area contributed by atoms with Gasteiger partial charge in [-0.3, -0.25) is 9.78 Å². The lowest BCUT2D eigenvalue weighted by molar-refractivity contribution is 0.357. The van der Waals surface area contributed by atoms with Crippen molar-refractivity contribution in [3.8, 4) is 6.07 Å². The Morgan fingerprint density at radius 3 is 2.61 bits per heavy atom. The molecule has 96 valence electrons. The molecule has 0 spiro atoms. The largest absolute Gasteiger partial charge is 0.369 e. The van der Waals surface area contributed by atoms with Crippen molar-refractivity contribution in [3.05, 3.63) is 10.4 Å². The molecule has 0 saturated carbocycles. The summed E-state index contributed by atoms with van der Waals surface area (Å²) in [6, 6.07) is 2.25. The number of likely N-dealkylation sites (N-methyl/N-ethyl adjacent to an activating group) is 1. The van der Waals surface area contributed by atoms with Gasteiger partial charge in [0.15, 0.2) is 5.82 Å². The quantitative estimate of drug-likeness (QED) is 0.608. The maximum absolute atomic E-state index is 11.9. The lowest BCUT2D eigenvalue weighted by Gasteiger charge is -2.50. The predicted octanol–water partition coefficient (Wildman–Crippen LogP) is 0.275. The summed E-state index contributed by atoms with van der Waals surface area (Å²) in [5, 5.41) is 12.6. The average Bonchev–Trinajstić information content (AvgIpc) is 2.24. The van der Waals surface area contributed by atoms with E-state index in [2.05, 4.69) is 21.4 Å². The van der Waals surface area contributed by atoms with E-state index in [0.717, 1.165) is 0 Å². The van der Waals surface area contributed by atoms with Crippen LogP contribution in [0.4, 0.5) is 17.5 Å². The van der Waals surface area contributed by atoms with E-state index < -0.39 is 11.1 Å². The molecule has 0 radical (unpaired) electrons. The minimum atomic E-state index is -0.870. The second-order valence-electron chi connectivity index (χ2n) is 5.14. The second kappa shape index (κ2) is 3.38. The van der Waals surface area contributed by atoms with E-state index in [1.54, 1.807) is 18.9 Å². The van der Waals surface area contributed by atoms with E-state index in [1.165, 1.54) is 0 Å². The molecule has 1 unspecified atom stereocenters. The van der Waals surface area contributed by atoms with Gasteiger partial charge in [-0.2, -0.15) is 10.2 Å². The van der Waals surface area contributed by atoms with Crippen molar-refractivity contribution in [1.82, 2.24) is 9.97 Å². The zero-order chi connectivity index (χ0) is 13.7. The molecule has 1 aromatic heterocycles. The highest BCUT2D eigenvalue weighted by Gasteiger charge is 2.50. The zero-order valence-corrected chi connectivity index (χ0v) is 10.8. The summed E-state index contributed by atoms with van der Waals surface area (Å²) in [5.74, 6) is 0.451. The molecule has 1 aromatic rings. The Labute approximate surface area is 105 Å². The van der Waals surface area contributed by atoms with Crippen LogP contribution >= 0.6 is 0 Å². The first-order chi connectivity index (χ1) is 8.23. The molecule has 0 saturated heterocycles. The van der Waals surface area contributed by atoms with Crippen molar-refractivity contribution < 1.29 is 0 Å². The summed E-state index contributed by atoms with van der Waals surface area (Å²) in [6.45, 7) is 5.54. The lowest BCUT2D eigenvalue weighted by atomic mass is 9.78. The maximum atomic E-state index is 11.9. The smallest absolute Gasteiger partial charge is 0.278 e. The molecular formula is C11H16N6O. The van der Waals surface area contributed by atoms with E-state index in [4.69, 9.17) is 5.73 Å². The number of anilines is 3. The van der Waals surface area contributed by atoms with Gasteiger partial charge in [-0.05, 0) is 20.8 Å². The average molecular weight is 248 g/mol. The minimum absolute atomic E-state index is 0.0519. The molecule has 0 bridgehead atoms. The highest BCUT2D eigenvalue weighted by atomic mass is 16.1. The number of fused-ring (bicyclic) bond motifs is 1. The van der Waals surface area contributed by atoms with Gasteiger partial charge in [0.2, 0.25) is 5.95 Å². The molecule has 1 aliphatic rings. The standard InChI is InChI=1S/C11H16N6O/c1-10(2)11(3,5-12)17(4)6-7(16-10)14-9(13)15-8(6)18/h1-4H3,(H4,13,14,15,16,18). The topological polar surface area (TPSA) is 111 Å². The van der Waals surface area contributed by atoms with Crippen LogP contribution < -0.4 is 21.5 Å². The molecule has 1 aliphatic heterocycles. The van der Waals surface area contributed by atoms with Gasteiger partial charge in [-0.1, -0.05) is 0 Å². The molecule has 1 atom stereocenters. The molecular weight excluding hydrogens is 232 g/mol. The molecule has 4 N–H and O–H groups in total. The van der Waals surface area contributed by atoms with Crippen molar-refractivity contribution in [3.63, 3.8) is 0 Å². The fraction of sp³-hybridized carbons (Fsp3) is 0.545. The third-order valence-corrected chi connectivity index (χ3v) is 3.79. The Balaban J connectivity index is 2.75. The highest BCUT2D eigenvalue weighted by molar-refractivity contribution is 5.73. The van der Waals surface area contributed by atoms with Crippen LogP contribution in [0.2, 0.25) is 0 Å². The number of H-pyrrole nitrogens is 1. The number of nitrogen functional groups attached to an aromatic ring is 1. The first kappa shape index (κ1) is 12.2. The summed E-state index contributed by atoms with van der Waals surface area (Å²) < 4.78 is 0. The third kappa shape index (κ3) is 1.35. The number of nitrogens with zero attached hydrogens (tertiary/aromatic N) is 3. The van der Waals surface area contributed by atoms with Gasteiger partial charge in [-0.25, -0.2) is 0 Å². The van der Waals surface area contributed by atoms with Crippen LogP contribution in [0.25, 0.3) is 0 Å². The van der Waals surface area contributed by atoms with Crippen LogP contribution in [0.5, 0.6) is 0 Å². The van der Waals surface area contributed by atoms with Gasteiger partial charge in [0.25, 0.3) is 5.56 Å². The summed E-state index contributed by atoms with van der Waals surface area (Å²) in [4.78, 5) is 20.1. The Bertz CT molecular complexity index is 599. The first-order valence-electron chi connectivity index (χ1n) is 5.56. The SMILES string of the molecule is CN1c2c(nc(N)[nH]c2=O)NC(C)(C)C1(C)C#N. The van der Waals surface area contributed by atoms with E-state index in [9.17, 15) is 10.1 Å². The van der Waals surface area contributed by atoms with Gasteiger partial charge in [0.1, 0.15) is 11.2 Å². The number of nitrogens with two attached hydrogens (primary N) is 1. The van der Waals surface area contributed by atoms with Gasteiger partial charge in [0, 0.05) is 7.05 Å². The fourth-order valence-electron chi connectivity index (χ4n) is 2.16. The summed E-state index contributed by atoms with van der Waals surface area (Å²) in [6.07, 6.45) is 0. The second-order valence-corrected chi connectivity index (χ2v) is 5.14. The van der Waals surface area contributed by atoms with Crippen molar-refractivity contribution in [2.45, 2.75) is 31.8 Å². The third-order valence-electron chi connectivity index (χ3n) is 3.79. The van der Waals surface area contributed by atoms with Crippen LogP contribution in [-0.2, 0) is 0 Å². The number of rotatable bonds is 0. The Morgan fingerprint density at radius 1 is 1.44 bits per heavy atom. The van der Waals surface area contributed by atoms with Gasteiger partial charge < -0.3 is 16.0 Å². The molecule has 7 heteroatoms. The lowest BCUT2D eigenvalue weighted by Crippen LogP contribution is -2.65. The number of nitrogens with one attached hydrogen (secondary N) is 2. The molecule has 0 amide bonds. The van der Waals surface area contributed by atoms with Crippen LogP contribution in [0, 0.1) is 11.3 Å². The summed E-state index contributed by atoms with van der Waals surface area (Å²) in [7, 11) is 1.71. The molecule has 2 rings (SSSR count). The summed E-state index contributed by atoms with van der Waals surface area (Å²) in [5.41, 5.74) is 4.05. The monoisotopic (exact) mass is 248 g/mol. The van der Waals surface area contributed by atoms with Crippen molar-refractivity contribution in [2.24, 2.45) is 0 Å². The van der Waals surface area contributed by atoms with Gasteiger partial charge >= 0.3 is 0 Å². The molecule has 2 heterocycles. The fourth-order valence-corrected chi connectivity index (χ4v) is 2.16. The number of aromatic amines is 1. The zero-order valence-electron chi connectivity index (χ0n) is 10.8. The first-order valence-corrected chi connectivity index (χ1v) is 5.56. The predicted molar refractivity (Wildman–Crippen MR) is 69.4 cm³/mol. The van der Waals surface area contributed by atoms with E-state index in [-0.39, 0.29) is 11.5 Å². The molecule has 0 fully saturated rings. The van der Waals surface area contributed by atoms with E-state index >= 15 is 0 Å². The van der Waals surface area contributed by atoms with Crippen molar-refractivity contribution in [1.29, 1.82) is 5.26 Å². The Kier molecular flexibility index (Phi) is 2.30. The normalized spacial score (nSPS) is 24.9. The van der Waals surface area contributed by atoms with Crippen molar-refractivity contribution in [2.75, 3.05) is 23.0 Å². The van der Waals surface area contributed by atoms with Crippen molar-refractivity contribution >= 4 is 17.5 Å².